The van der Waals surface area contributed by atoms with Gasteiger partial charge in [0.2, 0.25) is 6.79 Å². The van der Waals surface area contributed by atoms with E-state index in [-0.39, 0.29) is 17.0 Å². The maximum absolute atomic E-state index is 5.38. The molecule has 0 aromatic heterocycles. The predicted molar refractivity (Wildman–Crippen MR) is 81.1 cm³/mol. The van der Waals surface area contributed by atoms with E-state index in [1.165, 1.54) is 24.8 Å². The Bertz CT molecular complexity index is 448. The van der Waals surface area contributed by atoms with E-state index in [0.29, 0.717) is 6.79 Å². The summed E-state index contributed by atoms with van der Waals surface area (Å²) >= 11 is 0. The van der Waals surface area contributed by atoms with Gasteiger partial charge in [0.1, 0.15) is 0 Å². The summed E-state index contributed by atoms with van der Waals surface area (Å²) in [4.78, 5) is 0. The molecule has 104 valence electrons. The molecule has 19 heavy (non-hydrogen) atoms. The van der Waals surface area contributed by atoms with E-state index in [9.17, 15) is 0 Å². The van der Waals surface area contributed by atoms with Gasteiger partial charge in [0.25, 0.3) is 0 Å². The summed E-state index contributed by atoms with van der Waals surface area (Å²) in [5, 5.41) is 3.53. The fourth-order valence-electron chi connectivity index (χ4n) is 2.51. The first-order valence-electron chi connectivity index (χ1n) is 6.66. The number of nitrogens with one attached hydrogen (secondary N) is 1. The number of hydrogen-bond acceptors (Lipinski definition) is 3. The Labute approximate surface area is 124 Å². The second-order valence-corrected chi connectivity index (χ2v) is 4.97. The summed E-state index contributed by atoms with van der Waals surface area (Å²) in [6, 6.07) is 6.15. The zero-order valence-corrected chi connectivity index (χ0v) is 12.6. The summed E-state index contributed by atoms with van der Waals surface area (Å²) < 4.78 is 10.7. The van der Waals surface area contributed by atoms with Gasteiger partial charge in [-0.15, -0.1) is 17.0 Å². The van der Waals surface area contributed by atoms with E-state index in [1.807, 2.05) is 6.07 Å². The first-order chi connectivity index (χ1) is 8.92. The van der Waals surface area contributed by atoms with Crippen molar-refractivity contribution >= 4 is 17.0 Å². The summed E-state index contributed by atoms with van der Waals surface area (Å²) in [5.74, 6) is 2.52. The molecule has 3 rings (SSSR count). The molecule has 0 bridgehead atoms. The third-order valence-corrected chi connectivity index (χ3v) is 3.58. The number of fused-ring (bicyclic) bond motifs is 1. The van der Waals surface area contributed by atoms with Crippen molar-refractivity contribution in [3.05, 3.63) is 35.9 Å². The van der Waals surface area contributed by atoms with E-state index in [1.54, 1.807) is 0 Å². The average Bonchev–Trinajstić information content (AvgIpc) is 2.87. The molecule has 1 aliphatic heterocycles. The van der Waals surface area contributed by atoms with Crippen LogP contribution in [0.15, 0.2) is 30.4 Å². The van der Waals surface area contributed by atoms with Crippen LogP contribution in [-0.2, 0) is 6.54 Å². The Morgan fingerprint density at radius 3 is 2.89 bits per heavy atom. The molecule has 1 unspecified atom stereocenters. The van der Waals surface area contributed by atoms with Crippen LogP contribution in [0.3, 0.4) is 0 Å². The van der Waals surface area contributed by atoms with Crippen molar-refractivity contribution in [2.75, 3.05) is 13.3 Å². The van der Waals surface area contributed by atoms with Gasteiger partial charge in [0, 0.05) is 6.54 Å². The van der Waals surface area contributed by atoms with Gasteiger partial charge in [-0.2, -0.15) is 0 Å². The van der Waals surface area contributed by atoms with Crippen molar-refractivity contribution < 1.29 is 9.47 Å². The Morgan fingerprint density at radius 2 is 2.05 bits per heavy atom. The van der Waals surface area contributed by atoms with Crippen molar-refractivity contribution in [2.24, 2.45) is 5.92 Å². The maximum atomic E-state index is 5.38. The van der Waals surface area contributed by atoms with Crippen molar-refractivity contribution in [1.29, 1.82) is 0 Å². The first-order valence-corrected chi connectivity index (χ1v) is 6.66. The van der Waals surface area contributed by atoms with Gasteiger partial charge in [0.15, 0.2) is 11.5 Å². The molecular formula is C15H20BrNO2. The molecular weight excluding hydrogens is 306 g/mol. The minimum Gasteiger partial charge on any atom is -0.454 e. The van der Waals surface area contributed by atoms with Crippen molar-refractivity contribution in [3.8, 4) is 11.5 Å². The van der Waals surface area contributed by atoms with Crippen molar-refractivity contribution in [1.82, 2.24) is 5.32 Å². The maximum Gasteiger partial charge on any atom is 0.231 e. The molecule has 0 saturated heterocycles. The number of rotatable bonds is 4. The van der Waals surface area contributed by atoms with Crippen molar-refractivity contribution in [2.45, 2.75) is 25.8 Å². The summed E-state index contributed by atoms with van der Waals surface area (Å²) in [7, 11) is 0. The molecule has 2 aliphatic rings. The Kier molecular flexibility index (Phi) is 5.28. The highest BCUT2D eigenvalue weighted by molar-refractivity contribution is 8.93. The van der Waals surface area contributed by atoms with E-state index < -0.39 is 0 Å². The topological polar surface area (TPSA) is 30.5 Å². The van der Waals surface area contributed by atoms with Crippen LogP contribution in [0.4, 0.5) is 0 Å². The Morgan fingerprint density at radius 1 is 1.16 bits per heavy atom. The predicted octanol–water partition coefficient (Wildman–Crippen LogP) is 3.44. The molecule has 0 spiro atoms. The van der Waals surface area contributed by atoms with E-state index in [0.717, 1.165) is 30.5 Å². The van der Waals surface area contributed by atoms with E-state index >= 15 is 0 Å². The lowest BCUT2D eigenvalue weighted by atomic mass is 9.94. The smallest absolute Gasteiger partial charge is 0.231 e. The number of ether oxygens (including phenoxy) is 2. The fraction of sp³-hybridized carbons (Fsp3) is 0.467. The van der Waals surface area contributed by atoms with Crippen LogP contribution in [-0.4, -0.2) is 13.3 Å². The van der Waals surface area contributed by atoms with Gasteiger partial charge >= 0.3 is 0 Å². The van der Waals surface area contributed by atoms with Gasteiger partial charge < -0.3 is 14.8 Å². The molecule has 1 heterocycles. The van der Waals surface area contributed by atoms with Crippen LogP contribution in [0.25, 0.3) is 0 Å². The monoisotopic (exact) mass is 325 g/mol. The molecule has 0 radical (unpaired) electrons. The standard InChI is InChI=1S/C15H19NO2.BrH/c1-2-4-12(5-3-1)9-16-10-13-6-7-14-15(8-13)18-11-17-14;/h1-2,6-8,12,16H,3-5,9-11H2;1H. The average molecular weight is 326 g/mol. The van der Waals surface area contributed by atoms with Crippen LogP contribution in [0, 0.1) is 5.92 Å². The number of benzene rings is 1. The molecule has 1 aromatic carbocycles. The lowest BCUT2D eigenvalue weighted by molar-refractivity contribution is 0.174. The van der Waals surface area contributed by atoms with Gasteiger partial charge in [-0.3, -0.25) is 0 Å². The van der Waals surface area contributed by atoms with Gasteiger partial charge in [-0.05, 0) is 49.4 Å². The zero-order valence-electron chi connectivity index (χ0n) is 10.9. The molecule has 1 atom stereocenters. The quantitative estimate of drug-likeness (QED) is 0.860. The summed E-state index contributed by atoms with van der Waals surface area (Å²) in [6.07, 6.45) is 8.35. The van der Waals surface area contributed by atoms with Crippen LogP contribution in [0.5, 0.6) is 11.5 Å². The van der Waals surface area contributed by atoms with Crippen LogP contribution in [0.2, 0.25) is 0 Å². The van der Waals surface area contributed by atoms with E-state index in [4.69, 9.17) is 9.47 Å². The lowest BCUT2D eigenvalue weighted by Crippen LogP contribution is -2.23. The summed E-state index contributed by atoms with van der Waals surface area (Å²) in [5.41, 5.74) is 1.26. The highest BCUT2D eigenvalue weighted by Crippen LogP contribution is 2.32. The normalized spacial score (nSPS) is 20.1. The highest BCUT2D eigenvalue weighted by Gasteiger charge is 2.13. The minimum atomic E-state index is 0. The Hall–Kier alpha value is -1.00. The largest absolute Gasteiger partial charge is 0.454 e. The highest BCUT2D eigenvalue weighted by atomic mass is 79.9. The molecule has 1 N–H and O–H groups in total. The second kappa shape index (κ2) is 6.96. The van der Waals surface area contributed by atoms with Crippen LogP contribution < -0.4 is 14.8 Å². The molecule has 3 nitrogen and oxygen atoms in total. The summed E-state index contributed by atoms with van der Waals surface area (Å²) in [6.45, 7) is 2.34. The SMILES string of the molecule is Br.C1=CCC(CNCc2ccc3c(c2)OCO3)CC1. The number of allylic oxidation sites excluding steroid dienone is 2. The molecule has 0 fully saturated rings. The third kappa shape index (κ3) is 3.74. The molecule has 1 aromatic rings. The Balaban J connectivity index is 0.00000133. The van der Waals surface area contributed by atoms with Crippen LogP contribution in [0.1, 0.15) is 24.8 Å². The molecule has 1 aliphatic carbocycles. The van der Waals surface area contributed by atoms with Gasteiger partial charge in [-0.25, -0.2) is 0 Å². The first kappa shape index (κ1) is 14.4. The van der Waals surface area contributed by atoms with Crippen molar-refractivity contribution in [3.63, 3.8) is 0 Å². The second-order valence-electron chi connectivity index (χ2n) is 4.97. The zero-order chi connectivity index (χ0) is 12.2. The lowest BCUT2D eigenvalue weighted by Gasteiger charge is -2.18. The number of hydrogen-bond donors (Lipinski definition) is 1. The number of halogens is 1. The van der Waals surface area contributed by atoms with Crippen LogP contribution >= 0.6 is 17.0 Å². The minimum absolute atomic E-state index is 0. The third-order valence-electron chi connectivity index (χ3n) is 3.58. The molecule has 0 amide bonds. The van der Waals surface area contributed by atoms with Gasteiger partial charge in [-0.1, -0.05) is 18.2 Å². The van der Waals surface area contributed by atoms with E-state index in [2.05, 4.69) is 29.6 Å². The van der Waals surface area contributed by atoms with Gasteiger partial charge in [0.05, 0.1) is 0 Å². The molecule has 0 saturated carbocycles. The molecule has 4 heteroatoms. The fourth-order valence-corrected chi connectivity index (χ4v) is 2.51.